The van der Waals surface area contributed by atoms with Crippen LogP contribution in [0.2, 0.25) is 0 Å². The van der Waals surface area contributed by atoms with E-state index in [-0.39, 0.29) is 12.1 Å². The average Bonchev–Trinajstić information content (AvgIpc) is 2.95. The van der Waals surface area contributed by atoms with Gasteiger partial charge in [0.2, 0.25) is 5.91 Å². The van der Waals surface area contributed by atoms with E-state index in [2.05, 4.69) is 5.32 Å². The predicted octanol–water partition coefficient (Wildman–Crippen LogP) is 3.10. The molecular weight excluding hydrogens is 336 g/mol. The summed E-state index contributed by atoms with van der Waals surface area (Å²) in [6.07, 6.45) is 0.462. The number of amides is 1. The molecule has 0 aromatic heterocycles. The van der Waals surface area contributed by atoms with Gasteiger partial charge in [-0.2, -0.15) is 0 Å². The van der Waals surface area contributed by atoms with Crippen molar-refractivity contribution in [3.05, 3.63) is 69.3 Å². The van der Waals surface area contributed by atoms with Gasteiger partial charge in [-0.05, 0) is 42.5 Å². The van der Waals surface area contributed by atoms with Crippen LogP contribution in [0.15, 0.2) is 42.5 Å². The highest BCUT2D eigenvalue weighted by Gasteiger charge is 2.45. The zero-order valence-corrected chi connectivity index (χ0v) is 14.2. The smallest absolute Gasteiger partial charge is 0.310 e. The number of anilines is 1. The summed E-state index contributed by atoms with van der Waals surface area (Å²) < 4.78 is 0. The number of nitrogens with one attached hydrogen (secondary N) is 1. The van der Waals surface area contributed by atoms with Crippen molar-refractivity contribution in [2.24, 2.45) is 5.41 Å². The number of aliphatic carboxylic acids is 1. The van der Waals surface area contributed by atoms with Crippen molar-refractivity contribution in [2.75, 3.05) is 5.32 Å². The summed E-state index contributed by atoms with van der Waals surface area (Å²) in [5, 5.41) is 23.2. The van der Waals surface area contributed by atoms with Gasteiger partial charge in [0, 0.05) is 24.2 Å². The van der Waals surface area contributed by atoms with E-state index in [1.54, 1.807) is 6.92 Å². The Morgan fingerprint density at radius 2 is 1.81 bits per heavy atom. The van der Waals surface area contributed by atoms with Gasteiger partial charge >= 0.3 is 5.97 Å². The SMILES string of the molecule is Cc1cc([N+](=O)[O-])ccc1NC(=O)CC1(C(=O)O)Cc2ccccc2C1. The monoisotopic (exact) mass is 354 g/mol. The molecule has 0 heterocycles. The molecule has 0 bridgehead atoms. The van der Waals surface area contributed by atoms with E-state index in [1.807, 2.05) is 24.3 Å². The molecule has 2 aromatic carbocycles. The molecule has 26 heavy (non-hydrogen) atoms. The minimum Gasteiger partial charge on any atom is -0.481 e. The van der Waals surface area contributed by atoms with E-state index in [9.17, 15) is 24.8 Å². The van der Waals surface area contributed by atoms with Crippen LogP contribution in [0, 0.1) is 22.5 Å². The van der Waals surface area contributed by atoms with Crippen molar-refractivity contribution in [3.63, 3.8) is 0 Å². The minimum atomic E-state index is -1.16. The summed E-state index contributed by atoms with van der Waals surface area (Å²) in [6, 6.07) is 11.6. The number of hydrogen-bond acceptors (Lipinski definition) is 4. The van der Waals surface area contributed by atoms with E-state index < -0.39 is 22.2 Å². The molecule has 2 aromatic rings. The number of carbonyl (C=O) groups is 2. The van der Waals surface area contributed by atoms with E-state index >= 15 is 0 Å². The quantitative estimate of drug-likeness (QED) is 0.633. The lowest BCUT2D eigenvalue weighted by Gasteiger charge is -2.23. The van der Waals surface area contributed by atoms with Crippen LogP contribution in [-0.4, -0.2) is 21.9 Å². The molecule has 0 unspecified atom stereocenters. The van der Waals surface area contributed by atoms with Crippen molar-refractivity contribution >= 4 is 23.3 Å². The molecule has 7 heteroatoms. The van der Waals surface area contributed by atoms with Crippen LogP contribution >= 0.6 is 0 Å². The number of carbonyl (C=O) groups excluding carboxylic acids is 1. The maximum Gasteiger partial charge on any atom is 0.310 e. The van der Waals surface area contributed by atoms with Gasteiger partial charge in [-0.1, -0.05) is 24.3 Å². The fourth-order valence-corrected chi connectivity index (χ4v) is 3.45. The maximum absolute atomic E-state index is 12.5. The van der Waals surface area contributed by atoms with Gasteiger partial charge < -0.3 is 10.4 Å². The van der Waals surface area contributed by atoms with Crippen LogP contribution in [0.3, 0.4) is 0 Å². The van der Waals surface area contributed by atoms with Crippen LogP contribution in [0.4, 0.5) is 11.4 Å². The third-order valence-corrected chi connectivity index (χ3v) is 4.82. The van der Waals surface area contributed by atoms with E-state index in [0.717, 1.165) is 11.1 Å². The van der Waals surface area contributed by atoms with Crippen LogP contribution in [0.5, 0.6) is 0 Å². The summed E-state index contributed by atoms with van der Waals surface area (Å²) in [4.78, 5) is 34.7. The standard InChI is InChI=1S/C19H18N2O5/c1-12-8-15(21(25)26)6-7-16(12)20-17(22)11-19(18(23)24)9-13-4-2-3-5-14(13)10-19/h2-8H,9-11H2,1H3,(H,20,22)(H,23,24). The van der Waals surface area contributed by atoms with E-state index in [1.165, 1.54) is 18.2 Å². The number of carboxylic acids is 1. The molecule has 7 nitrogen and oxygen atoms in total. The molecule has 0 fully saturated rings. The predicted molar refractivity (Wildman–Crippen MR) is 95.0 cm³/mol. The molecule has 1 amide bonds. The number of nitrogens with zero attached hydrogens (tertiary/aromatic N) is 1. The van der Waals surface area contributed by atoms with Crippen LogP contribution < -0.4 is 5.32 Å². The Labute approximate surface area is 149 Å². The van der Waals surface area contributed by atoms with Gasteiger partial charge in [-0.25, -0.2) is 0 Å². The third-order valence-electron chi connectivity index (χ3n) is 4.82. The van der Waals surface area contributed by atoms with Crippen molar-refractivity contribution in [1.82, 2.24) is 0 Å². The molecule has 0 saturated carbocycles. The summed E-state index contributed by atoms with van der Waals surface area (Å²) in [7, 11) is 0. The van der Waals surface area contributed by atoms with Crippen molar-refractivity contribution in [2.45, 2.75) is 26.2 Å². The molecule has 1 aliphatic rings. The molecule has 0 spiro atoms. The van der Waals surface area contributed by atoms with Gasteiger partial charge in [-0.3, -0.25) is 19.7 Å². The Bertz CT molecular complexity index is 882. The molecule has 0 aliphatic heterocycles. The number of nitro groups is 1. The second kappa shape index (κ2) is 6.59. The Kier molecular flexibility index (Phi) is 4.46. The van der Waals surface area contributed by atoms with E-state index in [4.69, 9.17) is 0 Å². The number of non-ortho nitro benzene ring substituents is 1. The van der Waals surface area contributed by atoms with Crippen LogP contribution in [0.1, 0.15) is 23.1 Å². The molecule has 0 saturated heterocycles. The number of nitro benzene ring substituents is 1. The first kappa shape index (κ1) is 17.6. The summed E-state index contributed by atoms with van der Waals surface area (Å²) in [5.74, 6) is -1.42. The van der Waals surface area contributed by atoms with E-state index in [0.29, 0.717) is 24.1 Å². The lowest BCUT2D eigenvalue weighted by molar-refractivity contribution is -0.384. The topological polar surface area (TPSA) is 110 Å². The zero-order valence-electron chi connectivity index (χ0n) is 14.2. The Morgan fingerprint density at radius 1 is 1.19 bits per heavy atom. The third kappa shape index (κ3) is 3.28. The number of benzene rings is 2. The molecule has 0 atom stereocenters. The number of aryl methyl sites for hydroxylation is 1. The highest BCUT2D eigenvalue weighted by molar-refractivity contribution is 5.95. The molecule has 2 N–H and O–H groups in total. The molecule has 0 radical (unpaired) electrons. The van der Waals surface area contributed by atoms with Gasteiger partial charge in [-0.15, -0.1) is 0 Å². The number of hydrogen-bond donors (Lipinski definition) is 2. The molecule has 3 rings (SSSR count). The van der Waals surface area contributed by atoms with Crippen molar-refractivity contribution in [3.8, 4) is 0 Å². The second-order valence-corrected chi connectivity index (χ2v) is 6.69. The first-order valence-electron chi connectivity index (χ1n) is 8.16. The average molecular weight is 354 g/mol. The van der Waals surface area contributed by atoms with Gasteiger partial charge in [0.1, 0.15) is 0 Å². The molecular formula is C19H18N2O5. The first-order chi connectivity index (χ1) is 12.3. The fraction of sp³-hybridized carbons (Fsp3) is 0.263. The second-order valence-electron chi connectivity index (χ2n) is 6.69. The summed E-state index contributed by atoms with van der Waals surface area (Å²) in [5.41, 5.74) is 1.67. The van der Waals surface area contributed by atoms with Crippen LogP contribution in [-0.2, 0) is 22.4 Å². The Hall–Kier alpha value is -3.22. The Morgan fingerprint density at radius 3 is 2.31 bits per heavy atom. The van der Waals surface area contributed by atoms with Gasteiger partial charge in [0.15, 0.2) is 0 Å². The fourth-order valence-electron chi connectivity index (χ4n) is 3.45. The van der Waals surface area contributed by atoms with Crippen molar-refractivity contribution in [1.29, 1.82) is 0 Å². The number of rotatable bonds is 5. The normalized spacial score (nSPS) is 14.5. The maximum atomic E-state index is 12.5. The van der Waals surface area contributed by atoms with Gasteiger partial charge in [0.25, 0.3) is 5.69 Å². The number of fused-ring (bicyclic) bond motifs is 1. The lowest BCUT2D eigenvalue weighted by Crippen LogP contribution is -2.36. The van der Waals surface area contributed by atoms with Crippen molar-refractivity contribution < 1.29 is 19.6 Å². The first-order valence-corrected chi connectivity index (χ1v) is 8.16. The Balaban J connectivity index is 1.77. The van der Waals surface area contributed by atoms with Crippen LogP contribution in [0.25, 0.3) is 0 Å². The highest BCUT2D eigenvalue weighted by atomic mass is 16.6. The minimum absolute atomic E-state index is 0.0613. The summed E-state index contributed by atoms with van der Waals surface area (Å²) >= 11 is 0. The number of carboxylic acid groups (broad SMARTS) is 1. The largest absolute Gasteiger partial charge is 0.481 e. The molecule has 134 valence electrons. The lowest BCUT2D eigenvalue weighted by atomic mass is 9.81. The summed E-state index contributed by atoms with van der Waals surface area (Å²) in [6.45, 7) is 1.65. The highest BCUT2D eigenvalue weighted by Crippen LogP contribution is 2.40. The zero-order chi connectivity index (χ0) is 18.9. The molecule has 1 aliphatic carbocycles. The van der Waals surface area contributed by atoms with Gasteiger partial charge in [0.05, 0.1) is 10.3 Å².